The number of carbonyl (C=O) groups excluding carboxylic acids is 1. The number of carbonyl (C=O) groups is 2. The third-order valence-electron chi connectivity index (χ3n) is 7.13. The first-order chi connectivity index (χ1) is 16.3. The molecule has 0 fully saturated rings. The van der Waals surface area contributed by atoms with E-state index < -0.39 is 17.8 Å². The summed E-state index contributed by atoms with van der Waals surface area (Å²) in [5.74, 6) is -1.11. The van der Waals surface area contributed by atoms with E-state index in [0.29, 0.717) is 18.8 Å². The van der Waals surface area contributed by atoms with Crippen LogP contribution < -0.4 is 0 Å². The molecule has 0 bridgehead atoms. The molecule has 0 heterocycles. The van der Waals surface area contributed by atoms with Crippen LogP contribution in [0.2, 0.25) is 0 Å². The van der Waals surface area contributed by atoms with E-state index in [2.05, 4.69) is 27.7 Å². The number of ether oxygens (including phenoxy) is 1. The smallest absolute Gasteiger partial charge is 0.310 e. The summed E-state index contributed by atoms with van der Waals surface area (Å²) in [6.07, 6.45) is 23.6. The van der Waals surface area contributed by atoms with Crippen molar-refractivity contribution >= 4 is 11.9 Å². The van der Waals surface area contributed by atoms with Crippen LogP contribution in [0.3, 0.4) is 0 Å². The van der Waals surface area contributed by atoms with E-state index in [1.54, 1.807) is 0 Å². The van der Waals surface area contributed by atoms with Crippen molar-refractivity contribution in [1.29, 1.82) is 0 Å². The first-order valence-electron chi connectivity index (χ1n) is 14.4. The summed E-state index contributed by atoms with van der Waals surface area (Å²) >= 11 is 0. The van der Waals surface area contributed by atoms with Crippen molar-refractivity contribution in [3.05, 3.63) is 12.2 Å². The van der Waals surface area contributed by atoms with Crippen LogP contribution in [0.1, 0.15) is 137 Å². The second kappa shape index (κ2) is 18.9. The Morgan fingerprint density at radius 3 is 1.59 bits per heavy atom. The minimum atomic E-state index is -0.895. The van der Waals surface area contributed by atoms with E-state index in [9.17, 15) is 14.7 Å². The summed E-state index contributed by atoms with van der Waals surface area (Å²) in [7, 11) is 0. The van der Waals surface area contributed by atoms with E-state index >= 15 is 0 Å². The lowest BCUT2D eigenvalue weighted by Crippen LogP contribution is -2.34. The molecule has 0 aromatic heterocycles. The summed E-state index contributed by atoms with van der Waals surface area (Å²) in [6.45, 7) is 8.92. The van der Waals surface area contributed by atoms with Crippen molar-refractivity contribution in [2.45, 2.75) is 143 Å². The fraction of sp³-hybridized carbons (Fsp3) is 0.867. The Bertz CT molecular complexity index is 566. The van der Waals surface area contributed by atoms with Gasteiger partial charge in [-0.3, -0.25) is 9.59 Å². The van der Waals surface area contributed by atoms with Crippen LogP contribution in [0.15, 0.2) is 12.2 Å². The lowest BCUT2D eigenvalue weighted by molar-refractivity contribution is -0.162. The molecule has 1 N–H and O–H groups in total. The van der Waals surface area contributed by atoms with Crippen LogP contribution in [0.4, 0.5) is 0 Å². The van der Waals surface area contributed by atoms with E-state index in [4.69, 9.17) is 4.74 Å². The number of esters is 1. The SMILES string of the molecule is CC(C)CCCCCCCCCCCCCCC(CC(C)C)OC(=O)C1CC=CCC1C(=O)O. The Hall–Kier alpha value is -1.32. The lowest BCUT2D eigenvalue weighted by atomic mass is 9.83. The van der Waals surface area contributed by atoms with Crippen LogP contribution in [0, 0.1) is 23.7 Å². The number of allylic oxidation sites excluding steroid dienone is 2. The van der Waals surface area contributed by atoms with Gasteiger partial charge >= 0.3 is 11.9 Å². The fourth-order valence-corrected chi connectivity index (χ4v) is 5.04. The number of unbranched alkanes of at least 4 members (excludes halogenated alkanes) is 11. The maximum absolute atomic E-state index is 12.7. The maximum Gasteiger partial charge on any atom is 0.310 e. The molecule has 0 spiro atoms. The molecule has 0 saturated carbocycles. The van der Waals surface area contributed by atoms with Crippen LogP contribution in [-0.4, -0.2) is 23.1 Å². The zero-order chi connectivity index (χ0) is 25.2. The molecule has 4 heteroatoms. The van der Waals surface area contributed by atoms with Crippen molar-refractivity contribution in [1.82, 2.24) is 0 Å². The Morgan fingerprint density at radius 1 is 0.706 bits per heavy atom. The van der Waals surface area contributed by atoms with Gasteiger partial charge in [0.05, 0.1) is 11.8 Å². The second-order valence-electron chi connectivity index (χ2n) is 11.4. The van der Waals surface area contributed by atoms with Crippen LogP contribution in [-0.2, 0) is 14.3 Å². The molecular formula is C30H54O4. The third kappa shape index (κ3) is 14.8. The van der Waals surface area contributed by atoms with E-state index in [-0.39, 0.29) is 12.1 Å². The van der Waals surface area contributed by atoms with E-state index in [1.165, 1.54) is 77.0 Å². The maximum atomic E-state index is 12.7. The van der Waals surface area contributed by atoms with Crippen LogP contribution >= 0.6 is 0 Å². The predicted octanol–water partition coefficient (Wildman–Crippen LogP) is 8.73. The minimum Gasteiger partial charge on any atom is -0.481 e. The Balaban J connectivity index is 2.14. The number of aliphatic carboxylic acids is 1. The minimum absolute atomic E-state index is 0.0895. The van der Waals surface area contributed by atoms with Crippen molar-refractivity contribution in [2.24, 2.45) is 23.7 Å². The molecule has 0 amide bonds. The zero-order valence-electron chi connectivity index (χ0n) is 22.7. The summed E-state index contributed by atoms with van der Waals surface area (Å²) in [5.41, 5.74) is 0. The van der Waals surface area contributed by atoms with Crippen LogP contribution in [0.25, 0.3) is 0 Å². The van der Waals surface area contributed by atoms with Crippen molar-refractivity contribution in [3.8, 4) is 0 Å². The van der Waals surface area contributed by atoms with Gasteiger partial charge in [-0.05, 0) is 43.9 Å². The van der Waals surface area contributed by atoms with Crippen molar-refractivity contribution < 1.29 is 19.4 Å². The molecule has 3 unspecified atom stereocenters. The summed E-state index contributed by atoms with van der Waals surface area (Å²) < 4.78 is 5.86. The topological polar surface area (TPSA) is 63.6 Å². The summed E-state index contributed by atoms with van der Waals surface area (Å²) in [5, 5.41) is 9.45. The van der Waals surface area contributed by atoms with Gasteiger partial charge in [0.15, 0.2) is 0 Å². The predicted molar refractivity (Wildman–Crippen MR) is 142 cm³/mol. The molecular weight excluding hydrogens is 424 g/mol. The van der Waals surface area contributed by atoms with Crippen molar-refractivity contribution in [2.75, 3.05) is 0 Å². The molecule has 1 aliphatic carbocycles. The number of carboxylic acids is 1. The number of hydrogen-bond acceptors (Lipinski definition) is 3. The quantitative estimate of drug-likeness (QED) is 0.108. The van der Waals surface area contributed by atoms with E-state index in [0.717, 1.165) is 25.2 Å². The molecule has 0 aromatic rings. The van der Waals surface area contributed by atoms with Gasteiger partial charge in [0, 0.05) is 0 Å². The molecule has 198 valence electrons. The first-order valence-corrected chi connectivity index (χ1v) is 14.4. The normalized spacial score (nSPS) is 19.0. The van der Waals surface area contributed by atoms with E-state index in [1.807, 2.05) is 12.2 Å². The molecule has 34 heavy (non-hydrogen) atoms. The van der Waals surface area contributed by atoms with Gasteiger partial charge < -0.3 is 9.84 Å². The molecule has 3 atom stereocenters. The molecule has 0 radical (unpaired) electrons. The second-order valence-corrected chi connectivity index (χ2v) is 11.4. The Labute approximate surface area is 210 Å². The molecule has 0 aliphatic heterocycles. The summed E-state index contributed by atoms with van der Waals surface area (Å²) in [4.78, 5) is 24.3. The standard InChI is InChI=1S/C30H54O4/c1-24(2)19-15-13-11-9-7-5-6-8-10-12-14-16-20-26(23-25(3)4)34-30(33)28-22-18-17-21-27(28)29(31)32/h17-18,24-28H,5-16,19-23H2,1-4H3,(H,31,32). The van der Waals surface area contributed by atoms with Gasteiger partial charge in [0.2, 0.25) is 0 Å². The van der Waals surface area contributed by atoms with Gasteiger partial charge in [-0.2, -0.15) is 0 Å². The Morgan fingerprint density at radius 2 is 1.15 bits per heavy atom. The number of rotatable bonds is 20. The number of carboxylic acid groups (broad SMARTS) is 1. The van der Waals surface area contributed by atoms with Gasteiger partial charge in [0.1, 0.15) is 6.10 Å². The number of hydrogen-bond donors (Lipinski definition) is 1. The average molecular weight is 479 g/mol. The van der Waals surface area contributed by atoms with Gasteiger partial charge in [-0.25, -0.2) is 0 Å². The average Bonchev–Trinajstić information content (AvgIpc) is 2.78. The highest BCUT2D eigenvalue weighted by atomic mass is 16.5. The van der Waals surface area contributed by atoms with Gasteiger partial charge in [-0.1, -0.05) is 117 Å². The zero-order valence-corrected chi connectivity index (χ0v) is 22.7. The van der Waals surface area contributed by atoms with Gasteiger partial charge in [0.25, 0.3) is 0 Å². The monoisotopic (exact) mass is 478 g/mol. The molecule has 0 aromatic carbocycles. The Kier molecular flexibility index (Phi) is 17.1. The molecule has 1 aliphatic rings. The molecule has 0 saturated heterocycles. The highest BCUT2D eigenvalue weighted by Crippen LogP contribution is 2.28. The first kappa shape index (κ1) is 30.7. The molecule has 4 nitrogen and oxygen atoms in total. The third-order valence-corrected chi connectivity index (χ3v) is 7.13. The summed E-state index contributed by atoms with van der Waals surface area (Å²) in [6, 6.07) is 0. The molecule has 1 rings (SSSR count). The van der Waals surface area contributed by atoms with Crippen LogP contribution in [0.5, 0.6) is 0 Å². The van der Waals surface area contributed by atoms with Crippen molar-refractivity contribution in [3.63, 3.8) is 0 Å². The highest BCUT2D eigenvalue weighted by molar-refractivity contribution is 5.81. The highest BCUT2D eigenvalue weighted by Gasteiger charge is 2.36. The van der Waals surface area contributed by atoms with Gasteiger partial charge in [-0.15, -0.1) is 0 Å². The lowest BCUT2D eigenvalue weighted by Gasteiger charge is -2.27. The fourth-order valence-electron chi connectivity index (χ4n) is 5.04. The largest absolute Gasteiger partial charge is 0.481 e.